The summed E-state index contributed by atoms with van der Waals surface area (Å²) in [6.45, 7) is 1.52. The fraction of sp³-hybridized carbons (Fsp3) is 0.292. The summed E-state index contributed by atoms with van der Waals surface area (Å²) in [6.07, 6.45) is 7.51. The van der Waals surface area contributed by atoms with E-state index in [2.05, 4.69) is 15.3 Å². The van der Waals surface area contributed by atoms with Gasteiger partial charge < -0.3 is 15.2 Å². The van der Waals surface area contributed by atoms with E-state index in [4.69, 9.17) is 0 Å². The summed E-state index contributed by atoms with van der Waals surface area (Å²) >= 11 is 0. The van der Waals surface area contributed by atoms with Crippen LogP contribution in [0.2, 0.25) is 0 Å². The van der Waals surface area contributed by atoms with Crippen molar-refractivity contribution in [1.29, 1.82) is 0 Å². The van der Waals surface area contributed by atoms with E-state index in [1.165, 1.54) is 26.2 Å². The van der Waals surface area contributed by atoms with Crippen LogP contribution in [-0.2, 0) is 9.59 Å². The van der Waals surface area contributed by atoms with Gasteiger partial charge in [-0.15, -0.1) is 0 Å². The molecule has 0 saturated heterocycles. The van der Waals surface area contributed by atoms with Crippen LogP contribution >= 0.6 is 0 Å². The lowest BCUT2D eigenvalue weighted by molar-refractivity contribution is -0.129. The molecule has 1 fully saturated rings. The molecule has 0 radical (unpaired) electrons. The topological polar surface area (TPSA) is 78.1 Å². The number of amides is 2. The van der Waals surface area contributed by atoms with Crippen molar-refractivity contribution < 1.29 is 9.59 Å². The lowest BCUT2D eigenvalue weighted by Gasteiger charge is -2.32. The molecule has 2 N–H and O–H groups in total. The van der Waals surface area contributed by atoms with E-state index in [0.717, 1.165) is 33.7 Å². The SMILES string of the molecule is CC(=O)N1C=Cc2ccccc2[C@H]1CC(=O)Nc1ccc2nc(C3CCC3)[nH]c2c1. The predicted octanol–water partition coefficient (Wildman–Crippen LogP) is 4.73. The maximum Gasteiger partial charge on any atom is 0.226 e. The Kier molecular flexibility index (Phi) is 4.62. The van der Waals surface area contributed by atoms with Gasteiger partial charge in [0, 0.05) is 24.7 Å². The molecule has 6 nitrogen and oxygen atoms in total. The Hall–Kier alpha value is -3.41. The third-order valence-corrected chi connectivity index (χ3v) is 6.12. The second-order valence-corrected chi connectivity index (χ2v) is 8.12. The van der Waals surface area contributed by atoms with Gasteiger partial charge in [-0.3, -0.25) is 9.59 Å². The van der Waals surface area contributed by atoms with Crippen molar-refractivity contribution in [3.8, 4) is 0 Å². The lowest BCUT2D eigenvalue weighted by Crippen LogP contribution is -2.33. The van der Waals surface area contributed by atoms with Gasteiger partial charge in [-0.2, -0.15) is 0 Å². The Balaban J connectivity index is 1.34. The zero-order chi connectivity index (χ0) is 20.7. The number of hydrogen-bond donors (Lipinski definition) is 2. The molecule has 1 aliphatic carbocycles. The number of aromatic nitrogens is 2. The van der Waals surface area contributed by atoms with Gasteiger partial charge in [-0.25, -0.2) is 4.98 Å². The Bertz CT molecular complexity index is 1160. The van der Waals surface area contributed by atoms with E-state index >= 15 is 0 Å². The fourth-order valence-electron chi connectivity index (χ4n) is 4.28. The quantitative estimate of drug-likeness (QED) is 0.664. The highest BCUT2D eigenvalue weighted by molar-refractivity contribution is 5.94. The van der Waals surface area contributed by atoms with Gasteiger partial charge in [-0.05, 0) is 48.2 Å². The molecule has 5 rings (SSSR count). The van der Waals surface area contributed by atoms with Crippen LogP contribution in [0, 0.1) is 0 Å². The van der Waals surface area contributed by atoms with Crippen molar-refractivity contribution in [2.24, 2.45) is 0 Å². The first-order chi connectivity index (χ1) is 14.6. The summed E-state index contributed by atoms with van der Waals surface area (Å²) < 4.78 is 0. The van der Waals surface area contributed by atoms with Gasteiger partial charge >= 0.3 is 0 Å². The molecule has 0 spiro atoms. The number of imidazole rings is 1. The minimum atomic E-state index is -0.315. The third kappa shape index (κ3) is 3.38. The molecule has 0 bridgehead atoms. The van der Waals surface area contributed by atoms with Crippen molar-refractivity contribution >= 4 is 34.6 Å². The van der Waals surface area contributed by atoms with E-state index in [-0.39, 0.29) is 24.3 Å². The van der Waals surface area contributed by atoms with E-state index in [1.54, 1.807) is 11.1 Å². The number of rotatable bonds is 4. The monoisotopic (exact) mass is 400 g/mol. The highest BCUT2D eigenvalue weighted by Gasteiger charge is 2.28. The molecule has 6 heteroatoms. The van der Waals surface area contributed by atoms with E-state index in [1.807, 2.05) is 48.5 Å². The van der Waals surface area contributed by atoms with Crippen LogP contribution in [0.5, 0.6) is 0 Å². The molecule has 2 aliphatic rings. The average Bonchev–Trinajstić information content (AvgIpc) is 3.09. The predicted molar refractivity (Wildman–Crippen MR) is 117 cm³/mol. The van der Waals surface area contributed by atoms with Crippen LogP contribution < -0.4 is 5.32 Å². The minimum Gasteiger partial charge on any atom is -0.342 e. The summed E-state index contributed by atoms with van der Waals surface area (Å²) in [5, 5.41) is 2.99. The summed E-state index contributed by atoms with van der Waals surface area (Å²) in [5.74, 6) is 1.37. The van der Waals surface area contributed by atoms with Crippen LogP contribution in [0.15, 0.2) is 48.7 Å². The Morgan fingerprint density at radius 2 is 2.03 bits per heavy atom. The summed E-state index contributed by atoms with van der Waals surface area (Å²) in [6, 6.07) is 13.3. The molecule has 152 valence electrons. The molecule has 0 unspecified atom stereocenters. The van der Waals surface area contributed by atoms with Gasteiger partial charge in [0.2, 0.25) is 11.8 Å². The summed E-state index contributed by atoms with van der Waals surface area (Å²) in [7, 11) is 0. The van der Waals surface area contributed by atoms with Crippen molar-refractivity contribution in [2.75, 3.05) is 5.32 Å². The highest BCUT2D eigenvalue weighted by atomic mass is 16.2. The molecule has 30 heavy (non-hydrogen) atoms. The van der Waals surface area contributed by atoms with Gasteiger partial charge in [0.05, 0.1) is 23.5 Å². The van der Waals surface area contributed by atoms with E-state index < -0.39 is 0 Å². The molecule has 1 saturated carbocycles. The number of H-pyrrole nitrogens is 1. The molecular formula is C24H24N4O2. The average molecular weight is 400 g/mol. The summed E-state index contributed by atoms with van der Waals surface area (Å²) in [4.78, 5) is 34.7. The lowest BCUT2D eigenvalue weighted by atomic mass is 9.85. The third-order valence-electron chi connectivity index (χ3n) is 6.12. The van der Waals surface area contributed by atoms with Crippen molar-refractivity contribution in [3.63, 3.8) is 0 Å². The number of nitrogens with one attached hydrogen (secondary N) is 2. The van der Waals surface area contributed by atoms with Gasteiger partial charge in [0.15, 0.2) is 0 Å². The molecule has 1 atom stereocenters. The Labute approximate surface area is 175 Å². The molecule has 2 heterocycles. The molecule has 1 aliphatic heterocycles. The van der Waals surface area contributed by atoms with Crippen LogP contribution in [0.4, 0.5) is 5.69 Å². The first kappa shape index (κ1) is 18.6. The van der Waals surface area contributed by atoms with Crippen LogP contribution in [-0.4, -0.2) is 26.7 Å². The van der Waals surface area contributed by atoms with Crippen LogP contribution in [0.1, 0.15) is 61.5 Å². The number of nitrogens with zero attached hydrogens (tertiary/aromatic N) is 2. The largest absolute Gasteiger partial charge is 0.342 e. The van der Waals surface area contributed by atoms with Gasteiger partial charge in [-0.1, -0.05) is 30.7 Å². The van der Waals surface area contributed by atoms with E-state index in [9.17, 15) is 9.59 Å². The molecule has 2 amide bonds. The first-order valence-electron chi connectivity index (χ1n) is 10.4. The molecule has 1 aromatic heterocycles. The second kappa shape index (κ2) is 7.44. The van der Waals surface area contributed by atoms with Crippen molar-refractivity contribution in [2.45, 2.75) is 44.6 Å². The summed E-state index contributed by atoms with van der Waals surface area (Å²) in [5.41, 5.74) is 4.61. The van der Waals surface area contributed by atoms with Gasteiger partial charge in [0.25, 0.3) is 0 Å². The number of aromatic amines is 1. The number of fused-ring (bicyclic) bond motifs is 2. The molecule has 3 aromatic rings. The number of carbonyl (C=O) groups excluding carboxylic acids is 2. The molecule has 2 aromatic carbocycles. The van der Waals surface area contributed by atoms with Crippen LogP contribution in [0.3, 0.4) is 0 Å². The Morgan fingerprint density at radius 3 is 2.80 bits per heavy atom. The number of benzene rings is 2. The number of carbonyl (C=O) groups is 2. The standard InChI is InChI=1S/C24H24N4O2/c1-15(29)28-12-11-16-5-2-3-8-19(16)22(28)14-23(30)25-18-9-10-20-21(13-18)27-24(26-20)17-6-4-7-17/h2-3,5,8-13,17,22H,4,6-7,14H2,1H3,(H,25,30)(H,26,27)/t22-/m1/s1. The second-order valence-electron chi connectivity index (χ2n) is 8.12. The van der Waals surface area contributed by atoms with Gasteiger partial charge in [0.1, 0.15) is 5.82 Å². The van der Waals surface area contributed by atoms with Crippen molar-refractivity contribution in [1.82, 2.24) is 14.9 Å². The zero-order valence-corrected chi connectivity index (χ0v) is 16.9. The first-order valence-corrected chi connectivity index (χ1v) is 10.4. The minimum absolute atomic E-state index is 0.0824. The number of anilines is 1. The van der Waals surface area contributed by atoms with E-state index in [0.29, 0.717) is 5.92 Å². The smallest absolute Gasteiger partial charge is 0.226 e. The highest BCUT2D eigenvalue weighted by Crippen LogP contribution is 2.36. The normalized spacial score (nSPS) is 18.2. The maximum absolute atomic E-state index is 12.9. The van der Waals surface area contributed by atoms with Crippen LogP contribution in [0.25, 0.3) is 17.1 Å². The fourth-order valence-corrected chi connectivity index (χ4v) is 4.28. The maximum atomic E-state index is 12.9. The molecular weight excluding hydrogens is 376 g/mol. The zero-order valence-electron chi connectivity index (χ0n) is 16.9. The Morgan fingerprint density at radius 1 is 1.20 bits per heavy atom. The number of hydrogen-bond acceptors (Lipinski definition) is 3. The van der Waals surface area contributed by atoms with Crippen molar-refractivity contribution in [3.05, 3.63) is 65.6 Å².